The molecular weight excluding hydrogens is 286 g/mol. The molecule has 0 saturated carbocycles. The molecule has 0 aliphatic heterocycles. The standard InChI is InChI=1S/C12H14BrNO3/c1-3-14-12(16)8(2)17-10-4-5-11(13)9(6-10)7-15/h4-8H,3H2,1-2H3,(H,14,16). The summed E-state index contributed by atoms with van der Waals surface area (Å²) in [6, 6.07) is 5.00. The van der Waals surface area contributed by atoms with Gasteiger partial charge in [0.2, 0.25) is 0 Å². The number of likely N-dealkylation sites (N-methyl/N-ethyl adjacent to an activating group) is 1. The van der Waals surface area contributed by atoms with Crippen molar-refractivity contribution >= 4 is 28.1 Å². The Balaban J connectivity index is 2.74. The third-order valence-electron chi connectivity index (χ3n) is 2.13. The maximum atomic E-state index is 11.5. The lowest BCUT2D eigenvalue weighted by molar-refractivity contribution is -0.127. The van der Waals surface area contributed by atoms with Gasteiger partial charge in [0.05, 0.1) is 0 Å². The molecule has 1 unspecified atom stereocenters. The summed E-state index contributed by atoms with van der Waals surface area (Å²) in [4.78, 5) is 22.2. The van der Waals surface area contributed by atoms with Gasteiger partial charge in [-0.1, -0.05) is 15.9 Å². The molecule has 1 aromatic rings. The molecule has 0 aliphatic rings. The third-order valence-corrected chi connectivity index (χ3v) is 2.85. The number of carbonyl (C=O) groups excluding carboxylic acids is 2. The van der Waals surface area contributed by atoms with Crippen molar-refractivity contribution in [2.75, 3.05) is 6.54 Å². The van der Waals surface area contributed by atoms with E-state index in [0.29, 0.717) is 22.3 Å². The average Bonchev–Trinajstić information content (AvgIpc) is 2.31. The van der Waals surface area contributed by atoms with Crippen LogP contribution in [0.15, 0.2) is 22.7 Å². The number of carbonyl (C=O) groups is 2. The molecule has 1 atom stereocenters. The highest BCUT2D eigenvalue weighted by atomic mass is 79.9. The molecule has 0 heterocycles. The number of amides is 1. The third kappa shape index (κ3) is 3.85. The Bertz CT molecular complexity index is 420. The van der Waals surface area contributed by atoms with E-state index in [0.717, 1.165) is 6.29 Å². The zero-order valence-corrected chi connectivity index (χ0v) is 11.3. The Morgan fingerprint density at radius 2 is 2.29 bits per heavy atom. The number of aldehydes is 1. The van der Waals surface area contributed by atoms with E-state index < -0.39 is 6.10 Å². The van der Waals surface area contributed by atoms with Gasteiger partial charge in [0.1, 0.15) is 5.75 Å². The van der Waals surface area contributed by atoms with Gasteiger partial charge in [0, 0.05) is 16.6 Å². The van der Waals surface area contributed by atoms with E-state index in [9.17, 15) is 9.59 Å². The molecule has 0 radical (unpaired) electrons. The Hall–Kier alpha value is -1.36. The van der Waals surface area contributed by atoms with E-state index in [1.165, 1.54) is 0 Å². The number of halogens is 1. The summed E-state index contributed by atoms with van der Waals surface area (Å²) in [5.41, 5.74) is 0.491. The second-order valence-corrected chi connectivity index (χ2v) is 4.31. The first-order chi connectivity index (χ1) is 8.08. The maximum Gasteiger partial charge on any atom is 0.260 e. The molecular formula is C12H14BrNO3. The molecule has 0 fully saturated rings. The molecule has 17 heavy (non-hydrogen) atoms. The molecule has 0 bridgehead atoms. The van der Waals surface area contributed by atoms with Crippen molar-refractivity contribution in [3.63, 3.8) is 0 Å². The van der Waals surface area contributed by atoms with Gasteiger partial charge >= 0.3 is 0 Å². The molecule has 1 rings (SSSR count). The van der Waals surface area contributed by atoms with Crippen LogP contribution in [0.25, 0.3) is 0 Å². The summed E-state index contributed by atoms with van der Waals surface area (Å²) in [5.74, 6) is 0.317. The second-order valence-electron chi connectivity index (χ2n) is 3.46. The number of hydrogen-bond acceptors (Lipinski definition) is 3. The topological polar surface area (TPSA) is 55.4 Å². The van der Waals surface area contributed by atoms with Crippen LogP contribution >= 0.6 is 15.9 Å². The fourth-order valence-corrected chi connectivity index (χ4v) is 1.60. The van der Waals surface area contributed by atoms with Crippen LogP contribution < -0.4 is 10.1 Å². The number of hydrogen-bond donors (Lipinski definition) is 1. The van der Waals surface area contributed by atoms with Gasteiger partial charge in [-0.3, -0.25) is 9.59 Å². The van der Waals surface area contributed by atoms with E-state index in [1.807, 2.05) is 6.92 Å². The quantitative estimate of drug-likeness (QED) is 0.848. The van der Waals surface area contributed by atoms with Gasteiger partial charge in [-0.05, 0) is 32.0 Å². The van der Waals surface area contributed by atoms with Crippen molar-refractivity contribution < 1.29 is 14.3 Å². The maximum absolute atomic E-state index is 11.5. The molecule has 5 heteroatoms. The summed E-state index contributed by atoms with van der Waals surface area (Å²) >= 11 is 3.24. The van der Waals surface area contributed by atoms with Gasteiger partial charge < -0.3 is 10.1 Å². The Labute approximate surface area is 108 Å². The van der Waals surface area contributed by atoms with Crippen LogP contribution in [0.4, 0.5) is 0 Å². The van der Waals surface area contributed by atoms with Crippen molar-refractivity contribution in [3.05, 3.63) is 28.2 Å². The van der Waals surface area contributed by atoms with Crippen LogP contribution in [0.2, 0.25) is 0 Å². The van der Waals surface area contributed by atoms with E-state index in [1.54, 1.807) is 25.1 Å². The minimum Gasteiger partial charge on any atom is -0.481 e. The summed E-state index contributed by atoms with van der Waals surface area (Å²) in [6.45, 7) is 4.06. The van der Waals surface area contributed by atoms with Gasteiger partial charge in [-0.2, -0.15) is 0 Å². The van der Waals surface area contributed by atoms with Gasteiger partial charge in [-0.25, -0.2) is 0 Å². The van der Waals surface area contributed by atoms with Crippen molar-refractivity contribution in [1.82, 2.24) is 5.32 Å². The smallest absolute Gasteiger partial charge is 0.260 e. The minimum atomic E-state index is -0.587. The molecule has 1 aromatic carbocycles. The first-order valence-electron chi connectivity index (χ1n) is 5.27. The van der Waals surface area contributed by atoms with Crippen LogP contribution in [0.5, 0.6) is 5.75 Å². The molecule has 0 aliphatic carbocycles. The molecule has 1 amide bonds. The number of ether oxygens (including phenoxy) is 1. The molecule has 0 saturated heterocycles. The zero-order chi connectivity index (χ0) is 12.8. The first kappa shape index (κ1) is 13.7. The summed E-state index contributed by atoms with van der Waals surface area (Å²) in [5, 5.41) is 2.66. The highest BCUT2D eigenvalue weighted by Gasteiger charge is 2.13. The number of benzene rings is 1. The fourth-order valence-electron chi connectivity index (χ4n) is 1.26. The predicted octanol–water partition coefficient (Wildman–Crippen LogP) is 2.17. The fraction of sp³-hybridized carbons (Fsp3) is 0.333. The monoisotopic (exact) mass is 299 g/mol. The molecule has 1 N–H and O–H groups in total. The SMILES string of the molecule is CCNC(=O)C(C)Oc1ccc(Br)c(C=O)c1. The largest absolute Gasteiger partial charge is 0.481 e. The van der Waals surface area contributed by atoms with Crippen LogP contribution in [-0.4, -0.2) is 24.8 Å². The highest BCUT2D eigenvalue weighted by molar-refractivity contribution is 9.10. The van der Waals surface area contributed by atoms with Gasteiger partial charge in [0.15, 0.2) is 12.4 Å². The Morgan fingerprint density at radius 1 is 1.59 bits per heavy atom. The van der Waals surface area contributed by atoms with Crippen molar-refractivity contribution in [1.29, 1.82) is 0 Å². The normalized spacial score (nSPS) is 11.7. The van der Waals surface area contributed by atoms with Crippen molar-refractivity contribution in [2.24, 2.45) is 0 Å². The first-order valence-corrected chi connectivity index (χ1v) is 6.07. The molecule has 0 spiro atoms. The van der Waals surface area contributed by atoms with E-state index in [2.05, 4.69) is 21.2 Å². The average molecular weight is 300 g/mol. The predicted molar refractivity (Wildman–Crippen MR) is 68.3 cm³/mol. The minimum absolute atomic E-state index is 0.178. The summed E-state index contributed by atoms with van der Waals surface area (Å²) in [6.07, 6.45) is 0.143. The lowest BCUT2D eigenvalue weighted by atomic mass is 10.2. The highest BCUT2D eigenvalue weighted by Crippen LogP contribution is 2.21. The van der Waals surface area contributed by atoms with E-state index in [-0.39, 0.29) is 5.91 Å². The lowest BCUT2D eigenvalue weighted by Gasteiger charge is -2.14. The Kier molecular flexibility index (Phi) is 5.15. The van der Waals surface area contributed by atoms with Crippen LogP contribution in [0.1, 0.15) is 24.2 Å². The molecule has 4 nitrogen and oxygen atoms in total. The number of rotatable bonds is 5. The van der Waals surface area contributed by atoms with Crippen LogP contribution in [0, 0.1) is 0 Å². The second kappa shape index (κ2) is 6.39. The zero-order valence-electron chi connectivity index (χ0n) is 9.70. The van der Waals surface area contributed by atoms with Crippen LogP contribution in [-0.2, 0) is 4.79 Å². The van der Waals surface area contributed by atoms with Gasteiger partial charge in [0.25, 0.3) is 5.91 Å². The van der Waals surface area contributed by atoms with E-state index >= 15 is 0 Å². The Morgan fingerprint density at radius 3 is 2.88 bits per heavy atom. The van der Waals surface area contributed by atoms with E-state index in [4.69, 9.17) is 4.74 Å². The molecule has 92 valence electrons. The molecule has 0 aromatic heterocycles. The lowest BCUT2D eigenvalue weighted by Crippen LogP contribution is -2.36. The summed E-state index contributed by atoms with van der Waals surface area (Å²) < 4.78 is 6.13. The van der Waals surface area contributed by atoms with Gasteiger partial charge in [-0.15, -0.1) is 0 Å². The van der Waals surface area contributed by atoms with Crippen LogP contribution in [0.3, 0.4) is 0 Å². The van der Waals surface area contributed by atoms with Crippen molar-refractivity contribution in [3.8, 4) is 5.75 Å². The van der Waals surface area contributed by atoms with Crippen molar-refractivity contribution in [2.45, 2.75) is 20.0 Å². The summed E-state index contributed by atoms with van der Waals surface area (Å²) in [7, 11) is 0. The number of nitrogens with one attached hydrogen (secondary N) is 1.